The second-order valence-corrected chi connectivity index (χ2v) is 7.78. The van der Waals surface area contributed by atoms with Crippen molar-refractivity contribution in [3.8, 4) is 17.6 Å². The van der Waals surface area contributed by atoms with Crippen LogP contribution in [0.3, 0.4) is 0 Å². The molecule has 4 N–H and O–H groups in total. The summed E-state index contributed by atoms with van der Waals surface area (Å²) in [6, 6.07) is 6.33. The first kappa shape index (κ1) is 22.0. The summed E-state index contributed by atoms with van der Waals surface area (Å²) in [5.41, 5.74) is 6.54. The van der Waals surface area contributed by atoms with E-state index in [1.165, 1.54) is 25.3 Å². The van der Waals surface area contributed by atoms with E-state index in [0.717, 1.165) is 16.7 Å². The number of ether oxygens (including phenoxy) is 2. The fourth-order valence-electron chi connectivity index (χ4n) is 3.47. The second-order valence-electron chi connectivity index (χ2n) is 6.59. The Morgan fingerprint density at radius 2 is 2.10 bits per heavy atom. The highest BCUT2D eigenvalue weighted by Gasteiger charge is 2.48. The van der Waals surface area contributed by atoms with Gasteiger partial charge in [0.25, 0.3) is 0 Å². The summed E-state index contributed by atoms with van der Waals surface area (Å²) in [6.45, 7) is 1.63. The lowest BCUT2D eigenvalue weighted by molar-refractivity contribution is -0.140. The van der Waals surface area contributed by atoms with Crippen molar-refractivity contribution in [2.75, 3.05) is 13.7 Å². The Hall–Kier alpha value is -3.65. The number of allylic oxidation sites excluding steroid dienone is 1. The molecule has 0 spiro atoms. The first-order valence-electron chi connectivity index (χ1n) is 9.15. The third-order valence-electron chi connectivity index (χ3n) is 4.79. The van der Waals surface area contributed by atoms with E-state index in [9.17, 15) is 24.8 Å². The fraction of sp³-hybridized carbons (Fsp3) is 0.300. The van der Waals surface area contributed by atoms with Gasteiger partial charge in [0.15, 0.2) is 11.5 Å². The number of esters is 1. The van der Waals surface area contributed by atoms with Gasteiger partial charge >= 0.3 is 11.9 Å². The molecular weight excluding hydrogens is 426 g/mol. The summed E-state index contributed by atoms with van der Waals surface area (Å²) < 4.78 is 10.3. The van der Waals surface area contributed by atoms with Gasteiger partial charge in [-0.2, -0.15) is 5.26 Å². The minimum absolute atomic E-state index is 0.0318. The molecule has 162 valence electrons. The van der Waals surface area contributed by atoms with Gasteiger partial charge in [-0.05, 0) is 24.6 Å². The monoisotopic (exact) mass is 445 g/mol. The zero-order valence-electron chi connectivity index (χ0n) is 16.6. The summed E-state index contributed by atoms with van der Waals surface area (Å²) in [6.07, 6.45) is -0.470. The smallest absolute Gasteiger partial charge is 0.338 e. The molecule has 1 amide bonds. The number of thioether (sulfide) groups is 1. The van der Waals surface area contributed by atoms with E-state index >= 15 is 0 Å². The van der Waals surface area contributed by atoms with E-state index in [1.807, 2.05) is 6.07 Å². The standard InChI is InChI=1S/C20H19N3O7S/c1-3-30-20(28)16-15(9-4-5-11(24)12(6-9)29-2)10(8-21)19-23(17(16)22)18(27)13(31-19)7-14(25)26/h4-6,13,15,24H,3,7,22H2,1-2H3,(H,25,26). The van der Waals surface area contributed by atoms with E-state index in [1.54, 1.807) is 6.92 Å². The van der Waals surface area contributed by atoms with Gasteiger partial charge in [0.2, 0.25) is 5.91 Å². The first-order valence-corrected chi connectivity index (χ1v) is 10.0. The van der Waals surface area contributed by atoms with E-state index < -0.39 is 35.4 Å². The van der Waals surface area contributed by atoms with Crippen LogP contribution in [0, 0.1) is 11.3 Å². The molecule has 1 aromatic carbocycles. The minimum Gasteiger partial charge on any atom is -0.504 e. The molecule has 0 bridgehead atoms. The number of carboxylic acid groups (broad SMARTS) is 1. The van der Waals surface area contributed by atoms with Crippen molar-refractivity contribution >= 4 is 29.6 Å². The zero-order chi connectivity index (χ0) is 22.9. The Labute approximate surface area is 181 Å². The maximum absolute atomic E-state index is 12.8. The number of fused-ring (bicyclic) bond motifs is 1. The molecule has 3 rings (SSSR count). The quantitative estimate of drug-likeness (QED) is 0.545. The number of hydrogen-bond donors (Lipinski definition) is 3. The van der Waals surface area contributed by atoms with Crippen molar-refractivity contribution in [2.45, 2.75) is 24.5 Å². The molecule has 2 aliphatic heterocycles. The number of carboxylic acids is 1. The molecular formula is C20H19N3O7S. The van der Waals surface area contributed by atoms with Gasteiger partial charge in [0, 0.05) is 0 Å². The first-order chi connectivity index (χ1) is 14.7. The van der Waals surface area contributed by atoms with Gasteiger partial charge < -0.3 is 25.4 Å². The summed E-state index contributed by atoms with van der Waals surface area (Å²) in [4.78, 5) is 37.8. The van der Waals surface area contributed by atoms with E-state index in [-0.39, 0.29) is 40.1 Å². The highest BCUT2D eigenvalue weighted by molar-refractivity contribution is 8.04. The van der Waals surface area contributed by atoms with Crippen molar-refractivity contribution in [3.63, 3.8) is 0 Å². The van der Waals surface area contributed by atoms with Crippen LogP contribution < -0.4 is 10.5 Å². The van der Waals surface area contributed by atoms with Crippen molar-refractivity contribution in [1.82, 2.24) is 4.90 Å². The Balaban J connectivity index is 2.24. The number of aromatic hydroxyl groups is 1. The lowest BCUT2D eigenvalue weighted by Crippen LogP contribution is -2.39. The van der Waals surface area contributed by atoms with Crippen LogP contribution in [-0.4, -0.2) is 51.9 Å². The second kappa shape index (κ2) is 8.61. The highest BCUT2D eigenvalue weighted by Crippen LogP contribution is 2.50. The number of methoxy groups -OCH3 is 1. The van der Waals surface area contributed by atoms with Gasteiger partial charge in [-0.3, -0.25) is 14.5 Å². The summed E-state index contributed by atoms with van der Waals surface area (Å²) in [5.74, 6) is -3.89. The number of nitrogens with two attached hydrogens (primary N) is 1. The largest absolute Gasteiger partial charge is 0.504 e. The molecule has 1 aromatic rings. The number of rotatable bonds is 6. The zero-order valence-corrected chi connectivity index (χ0v) is 17.4. The van der Waals surface area contributed by atoms with E-state index in [0.29, 0.717) is 5.56 Å². The molecule has 2 unspecified atom stereocenters. The molecule has 0 aliphatic carbocycles. The summed E-state index contributed by atoms with van der Waals surface area (Å²) in [7, 11) is 1.35. The molecule has 0 aromatic heterocycles. The van der Waals surface area contributed by atoms with Crippen LogP contribution in [0.15, 0.2) is 40.2 Å². The number of aliphatic carboxylic acids is 1. The molecule has 31 heavy (non-hydrogen) atoms. The number of carbonyl (C=O) groups is 3. The predicted octanol–water partition coefficient (Wildman–Crippen LogP) is 1.39. The molecule has 0 saturated carbocycles. The number of nitriles is 1. The molecule has 0 radical (unpaired) electrons. The van der Waals surface area contributed by atoms with Gasteiger partial charge in [-0.1, -0.05) is 17.8 Å². The molecule has 2 atom stereocenters. The normalized spacial score (nSPS) is 20.4. The fourth-order valence-corrected chi connectivity index (χ4v) is 4.75. The Bertz CT molecular complexity index is 1070. The Morgan fingerprint density at radius 1 is 1.39 bits per heavy atom. The minimum atomic E-state index is -1.18. The van der Waals surface area contributed by atoms with Crippen LogP contribution in [0.25, 0.3) is 0 Å². The van der Waals surface area contributed by atoms with Crippen LogP contribution in [0.2, 0.25) is 0 Å². The van der Waals surface area contributed by atoms with Crippen molar-refractivity contribution in [1.29, 1.82) is 5.26 Å². The van der Waals surface area contributed by atoms with Crippen LogP contribution in [0.4, 0.5) is 0 Å². The van der Waals surface area contributed by atoms with Crippen molar-refractivity contribution in [2.24, 2.45) is 5.73 Å². The predicted molar refractivity (Wildman–Crippen MR) is 108 cm³/mol. The third-order valence-corrected chi connectivity index (χ3v) is 6.07. The number of carbonyl (C=O) groups excluding carboxylic acids is 2. The SMILES string of the molecule is CCOC(=O)C1=C(N)N2C(=O)C(CC(=O)O)SC2=C(C#N)C1c1ccc(O)c(OC)c1. The highest BCUT2D eigenvalue weighted by atomic mass is 32.2. The topological polar surface area (TPSA) is 163 Å². The van der Waals surface area contributed by atoms with Gasteiger partial charge in [0.1, 0.15) is 11.1 Å². The molecule has 2 aliphatic rings. The van der Waals surface area contributed by atoms with Gasteiger partial charge in [0.05, 0.1) is 48.3 Å². The van der Waals surface area contributed by atoms with E-state index in [4.69, 9.17) is 20.3 Å². The van der Waals surface area contributed by atoms with Crippen LogP contribution in [0.5, 0.6) is 11.5 Å². The van der Waals surface area contributed by atoms with Gasteiger partial charge in [-0.25, -0.2) is 4.79 Å². The summed E-state index contributed by atoms with van der Waals surface area (Å²) >= 11 is 0.912. The molecule has 1 fully saturated rings. The third kappa shape index (κ3) is 3.77. The summed E-state index contributed by atoms with van der Waals surface area (Å²) in [5, 5.41) is 28.2. The molecule has 10 nitrogen and oxygen atoms in total. The van der Waals surface area contributed by atoms with Gasteiger partial charge in [-0.15, -0.1) is 0 Å². The molecule has 1 saturated heterocycles. The number of benzene rings is 1. The van der Waals surface area contributed by atoms with Crippen molar-refractivity contribution < 1.29 is 34.1 Å². The van der Waals surface area contributed by atoms with Crippen molar-refractivity contribution in [3.05, 3.63) is 45.8 Å². The lowest BCUT2D eigenvalue weighted by atomic mass is 9.83. The van der Waals surface area contributed by atoms with E-state index in [2.05, 4.69) is 0 Å². The van der Waals surface area contributed by atoms with Crippen LogP contribution in [-0.2, 0) is 19.1 Å². The number of hydrogen-bond acceptors (Lipinski definition) is 9. The Kier molecular flexibility index (Phi) is 6.12. The average molecular weight is 445 g/mol. The van der Waals surface area contributed by atoms with Crippen LogP contribution in [0.1, 0.15) is 24.8 Å². The average Bonchev–Trinajstić information content (AvgIpc) is 3.04. The number of phenolic OH excluding ortho intramolecular Hbond substituents is 1. The maximum Gasteiger partial charge on any atom is 0.338 e. The molecule has 11 heteroatoms. The molecule has 2 heterocycles. The number of nitrogens with zero attached hydrogens (tertiary/aromatic N) is 2. The van der Waals surface area contributed by atoms with Crippen LogP contribution >= 0.6 is 11.8 Å². The number of amides is 1. The number of phenols is 1. The lowest BCUT2D eigenvalue weighted by Gasteiger charge is -2.31. The Morgan fingerprint density at radius 3 is 2.68 bits per heavy atom. The maximum atomic E-state index is 12.8.